The quantitative estimate of drug-likeness (QED) is 0.440. The van der Waals surface area contributed by atoms with E-state index in [4.69, 9.17) is 9.73 Å². The smallest absolute Gasteiger partial charge is 0.219 e. The molecule has 0 unspecified atom stereocenters. The second kappa shape index (κ2) is 5.46. The van der Waals surface area contributed by atoms with E-state index in [2.05, 4.69) is 49.1 Å². The topological polar surface area (TPSA) is 26.5 Å². The molecular formula is C19H24IN3O. The Balaban J connectivity index is 0.00000146. The highest BCUT2D eigenvalue weighted by Crippen LogP contribution is 2.44. The summed E-state index contributed by atoms with van der Waals surface area (Å²) in [6, 6.07) is 8.51. The largest absolute Gasteiger partial charge is 1.00 e. The highest BCUT2D eigenvalue weighted by molar-refractivity contribution is 6.07. The van der Waals surface area contributed by atoms with Gasteiger partial charge in [0.15, 0.2) is 5.60 Å². The summed E-state index contributed by atoms with van der Waals surface area (Å²) in [6.45, 7) is 4.57. The fourth-order valence-electron chi connectivity index (χ4n) is 5.06. The van der Waals surface area contributed by atoms with Crippen molar-refractivity contribution in [2.75, 3.05) is 33.2 Å². The normalized spacial score (nSPS) is 34.2. The number of aryl methyl sites for hydroxylation is 1. The minimum Gasteiger partial charge on any atom is -1.00 e. The number of halogens is 1. The van der Waals surface area contributed by atoms with Crippen molar-refractivity contribution < 1.29 is 33.2 Å². The molecule has 3 saturated heterocycles. The summed E-state index contributed by atoms with van der Waals surface area (Å²) < 4.78 is 9.95. The van der Waals surface area contributed by atoms with Gasteiger partial charge in [-0.15, -0.1) is 0 Å². The first kappa shape index (κ1) is 16.4. The van der Waals surface area contributed by atoms with E-state index in [1.807, 2.05) is 0 Å². The van der Waals surface area contributed by atoms with Gasteiger partial charge in [-0.3, -0.25) is 0 Å². The Morgan fingerprint density at radius 2 is 2.00 bits per heavy atom. The van der Waals surface area contributed by atoms with E-state index in [0.717, 1.165) is 29.0 Å². The molecule has 5 heterocycles. The molecule has 2 bridgehead atoms. The molecule has 0 aliphatic carbocycles. The van der Waals surface area contributed by atoms with E-state index in [1.165, 1.54) is 36.8 Å². The maximum Gasteiger partial charge on any atom is 0.219 e. The van der Waals surface area contributed by atoms with Crippen LogP contribution in [0.15, 0.2) is 35.5 Å². The van der Waals surface area contributed by atoms with E-state index in [9.17, 15) is 0 Å². The second-order valence-corrected chi connectivity index (χ2v) is 7.96. The van der Waals surface area contributed by atoms with Crippen LogP contribution < -0.4 is 24.0 Å². The predicted octanol–water partition coefficient (Wildman–Crippen LogP) is -0.432. The summed E-state index contributed by atoms with van der Waals surface area (Å²) in [6.07, 6.45) is 4.74. The van der Waals surface area contributed by atoms with Gasteiger partial charge >= 0.3 is 0 Å². The number of para-hydroxylation sites is 1. The molecule has 5 heteroatoms. The molecule has 4 aliphatic rings. The number of piperidine rings is 3. The Morgan fingerprint density at radius 3 is 2.75 bits per heavy atom. The van der Waals surface area contributed by atoms with Crippen LogP contribution in [0.4, 0.5) is 0 Å². The third-order valence-corrected chi connectivity index (χ3v) is 6.35. The lowest BCUT2D eigenvalue weighted by molar-refractivity contribution is -0.932. The molecule has 0 N–H and O–H groups in total. The number of hydrogen-bond donors (Lipinski definition) is 0. The average Bonchev–Trinajstić information content (AvgIpc) is 3.10. The second-order valence-electron chi connectivity index (χ2n) is 7.96. The van der Waals surface area contributed by atoms with Gasteiger partial charge in [-0.1, -0.05) is 18.2 Å². The lowest BCUT2D eigenvalue weighted by Crippen LogP contribution is -3.00. The van der Waals surface area contributed by atoms with Gasteiger partial charge in [-0.05, 0) is 6.07 Å². The molecule has 0 amide bonds. The summed E-state index contributed by atoms with van der Waals surface area (Å²) in [5.74, 6) is 1.54. The van der Waals surface area contributed by atoms with E-state index < -0.39 is 0 Å². The van der Waals surface area contributed by atoms with Crippen molar-refractivity contribution in [2.24, 2.45) is 18.0 Å². The Hall–Kier alpha value is -1.08. The van der Waals surface area contributed by atoms with Gasteiger partial charge in [-0.25, -0.2) is 4.99 Å². The molecule has 0 saturated carbocycles. The van der Waals surface area contributed by atoms with Gasteiger partial charge in [-0.2, -0.15) is 0 Å². The van der Waals surface area contributed by atoms with Crippen molar-refractivity contribution in [1.82, 2.24) is 4.57 Å². The van der Waals surface area contributed by atoms with Gasteiger partial charge in [0, 0.05) is 42.9 Å². The van der Waals surface area contributed by atoms with Crippen LogP contribution in [0.2, 0.25) is 0 Å². The Bertz CT molecular complexity index is 819. The molecule has 1 aromatic carbocycles. The van der Waals surface area contributed by atoms with Gasteiger partial charge in [0.05, 0.1) is 32.2 Å². The third kappa shape index (κ3) is 2.24. The van der Waals surface area contributed by atoms with Crippen molar-refractivity contribution in [1.29, 1.82) is 0 Å². The molecule has 1 spiro atoms. The summed E-state index contributed by atoms with van der Waals surface area (Å²) in [7, 11) is 4.48. The van der Waals surface area contributed by atoms with Gasteiger partial charge < -0.3 is 37.8 Å². The number of aromatic nitrogens is 1. The number of rotatable bonds is 1. The maximum atomic E-state index is 6.62. The molecular weight excluding hydrogens is 413 g/mol. The maximum absolute atomic E-state index is 6.62. The molecule has 2 aromatic rings. The number of hydrogen-bond acceptors (Lipinski definition) is 2. The standard InChI is InChI=1S/C19H24N3O.HI/c1-21-11-16(15-5-3-4-6-17(15)21)18-20-12-19(23-18)13-22(2)9-7-14(19)8-10-22;/h3-6,11,14H,7-10,12-13H2,1-2H3;1H/q+1;/p-1/t14?,19-,22?;/m1./s1. The van der Waals surface area contributed by atoms with Crippen LogP contribution in [-0.2, 0) is 11.8 Å². The molecule has 3 fully saturated rings. The van der Waals surface area contributed by atoms with Crippen molar-refractivity contribution in [3.05, 3.63) is 36.0 Å². The predicted molar refractivity (Wildman–Crippen MR) is 91.6 cm³/mol. The highest BCUT2D eigenvalue weighted by atomic mass is 127. The van der Waals surface area contributed by atoms with Gasteiger partial charge in [0.1, 0.15) is 6.54 Å². The molecule has 1 aromatic heterocycles. The summed E-state index contributed by atoms with van der Waals surface area (Å²) in [4.78, 5) is 4.87. The zero-order valence-corrected chi connectivity index (χ0v) is 16.5. The van der Waals surface area contributed by atoms with Gasteiger partial charge in [0.2, 0.25) is 5.90 Å². The lowest BCUT2D eigenvalue weighted by Gasteiger charge is -2.54. The van der Waals surface area contributed by atoms with Crippen LogP contribution in [0.25, 0.3) is 10.9 Å². The van der Waals surface area contributed by atoms with E-state index >= 15 is 0 Å². The molecule has 4 nitrogen and oxygen atoms in total. The van der Waals surface area contributed by atoms with E-state index in [0.29, 0.717) is 5.92 Å². The first-order valence-electron chi connectivity index (χ1n) is 8.70. The Morgan fingerprint density at radius 1 is 1.25 bits per heavy atom. The first-order valence-corrected chi connectivity index (χ1v) is 8.70. The summed E-state index contributed by atoms with van der Waals surface area (Å²) >= 11 is 0. The number of likely N-dealkylation sites (N-methyl/N-ethyl adjacent to an activating group) is 1. The number of benzene rings is 1. The van der Waals surface area contributed by atoms with Crippen LogP contribution in [0.5, 0.6) is 0 Å². The SMILES string of the molecule is Cn1cc(C2=NC[C@]3(C[N+]4(C)CCC3CC4)O2)c2ccccc21.[I-]. The van der Waals surface area contributed by atoms with Crippen LogP contribution in [0.3, 0.4) is 0 Å². The number of aliphatic imine (C=N–C) groups is 1. The minimum absolute atomic E-state index is 0. The van der Waals surface area contributed by atoms with Crippen molar-refractivity contribution in [3.63, 3.8) is 0 Å². The first-order chi connectivity index (χ1) is 11.1. The minimum atomic E-state index is -0.0441. The zero-order valence-electron chi connectivity index (χ0n) is 14.3. The lowest BCUT2D eigenvalue weighted by atomic mass is 9.74. The van der Waals surface area contributed by atoms with Crippen LogP contribution in [-0.4, -0.2) is 53.8 Å². The highest BCUT2D eigenvalue weighted by Gasteiger charge is 2.57. The van der Waals surface area contributed by atoms with Crippen LogP contribution in [0, 0.1) is 5.92 Å². The van der Waals surface area contributed by atoms with E-state index in [1.54, 1.807) is 0 Å². The third-order valence-electron chi connectivity index (χ3n) is 6.35. The van der Waals surface area contributed by atoms with Crippen molar-refractivity contribution in [2.45, 2.75) is 18.4 Å². The van der Waals surface area contributed by atoms with Crippen LogP contribution in [0.1, 0.15) is 18.4 Å². The number of ether oxygens (including phenoxy) is 1. The molecule has 1 atom stereocenters. The average molecular weight is 437 g/mol. The summed E-state index contributed by atoms with van der Waals surface area (Å²) in [5, 5.41) is 1.24. The molecule has 4 aliphatic heterocycles. The Labute approximate surface area is 160 Å². The van der Waals surface area contributed by atoms with Crippen molar-refractivity contribution in [3.8, 4) is 0 Å². The van der Waals surface area contributed by atoms with Gasteiger partial charge in [0.25, 0.3) is 0 Å². The van der Waals surface area contributed by atoms with Crippen molar-refractivity contribution >= 4 is 16.8 Å². The number of quaternary nitrogens is 1. The monoisotopic (exact) mass is 437 g/mol. The number of fused-ring (bicyclic) bond motifs is 3. The zero-order chi connectivity index (χ0) is 15.7. The van der Waals surface area contributed by atoms with Crippen LogP contribution >= 0.6 is 0 Å². The Kier molecular flexibility index (Phi) is 3.73. The fraction of sp³-hybridized carbons (Fsp3) is 0.526. The molecule has 0 radical (unpaired) electrons. The molecule has 128 valence electrons. The van der Waals surface area contributed by atoms with E-state index in [-0.39, 0.29) is 29.6 Å². The molecule has 24 heavy (non-hydrogen) atoms. The fourth-order valence-corrected chi connectivity index (χ4v) is 5.06. The summed E-state index contributed by atoms with van der Waals surface area (Å²) in [5.41, 5.74) is 2.35. The number of nitrogens with zero attached hydrogens (tertiary/aromatic N) is 3. The molecule has 6 rings (SSSR count).